The van der Waals surface area contributed by atoms with E-state index in [0.717, 1.165) is 47.7 Å². The molecule has 0 spiro atoms. The summed E-state index contributed by atoms with van der Waals surface area (Å²) >= 11 is 0. The van der Waals surface area contributed by atoms with Crippen molar-refractivity contribution in [1.82, 2.24) is 0 Å². The number of unbranched alkanes of at least 4 members (excludes halogenated alkanes) is 2. The first-order chi connectivity index (χ1) is 16.0. The zero-order valence-corrected chi connectivity index (χ0v) is 20.0. The van der Waals surface area contributed by atoms with Gasteiger partial charge in [-0.25, -0.2) is 0 Å². The molecule has 0 radical (unpaired) electrons. The number of hydrogen-bond donors (Lipinski definition) is 1. The molecule has 0 saturated heterocycles. The molecule has 0 aliphatic carbocycles. The maximum absolute atomic E-state index is 12.8. The van der Waals surface area contributed by atoms with Gasteiger partial charge in [-0.1, -0.05) is 65.9 Å². The molecular weight excluding hydrogens is 429 g/mol. The fourth-order valence-electron chi connectivity index (χ4n) is 3.75. The van der Waals surface area contributed by atoms with Gasteiger partial charge in [0.2, 0.25) is 0 Å². The topological polar surface area (TPSA) is 59.3 Å². The summed E-state index contributed by atoms with van der Waals surface area (Å²) in [7, 11) is -1.21. The quantitative estimate of drug-likeness (QED) is 0.203. The minimum atomic E-state index is -1.21. The lowest BCUT2D eigenvalue weighted by molar-refractivity contribution is 0.102. The number of fused-ring (bicyclic) bond motifs is 1. The molecule has 0 fully saturated rings. The summed E-state index contributed by atoms with van der Waals surface area (Å²) in [6, 6.07) is 23.3. The molecule has 0 saturated carbocycles. The number of aryl methyl sites for hydroxylation is 1. The van der Waals surface area contributed by atoms with Gasteiger partial charge in [0.25, 0.3) is 5.91 Å². The Morgan fingerprint density at radius 3 is 2.42 bits per heavy atom. The van der Waals surface area contributed by atoms with Crippen molar-refractivity contribution < 1.29 is 13.8 Å². The van der Waals surface area contributed by atoms with Crippen molar-refractivity contribution in [2.75, 3.05) is 11.5 Å². The monoisotopic (exact) mass is 458 g/mol. The fraction of sp³-hybridized carbons (Fsp3) is 0.250. The highest BCUT2D eigenvalue weighted by Gasteiger charge is 2.16. The maximum atomic E-state index is 12.8. The van der Waals surface area contributed by atoms with Crippen LogP contribution >= 0.6 is 7.80 Å². The van der Waals surface area contributed by atoms with Crippen molar-refractivity contribution in [3.8, 4) is 11.3 Å². The van der Waals surface area contributed by atoms with Crippen molar-refractivity contribution in [3.63, 3.8) is 0 Å². The fourth-order valence-corrected chi connectivity index (χ4v) is 5.10. The van der Waals surface area contributed by atoms with Gasteiger partial charge in [-0.15, -0.1) is 0 Å². The second kappa shape index (κ2) is 10.6. The van der Waals surface area contributed by atoms with Crippen molar-refractivity contribution in [3.05, 3.63) is 89.5 Å². The van der Waals surface area contributed by atoms with Gasteiger partial charge in [-0.2, -0.15) is 0 Å². The van der Waals surface area contributed by atoms with Gasteiger partial charge in [0.1, 0.15) is 17.5 Å². The Kier molecular flexibility index (Phi) is 7.36. The molecule has 168 valence electrons. The number of carbonyl (C=O) groups excluding carboxylic acids is 1. The third-order valence-electron chi connectivity index (χ3n) is 5.70. The minimum Gasteiger partial charge on any atom is -0.456 e. The molecule has 1 unspecified atom stereocenters. The predicted octanol–water partition coefficient (Wildman–Crippen LogP) is 8.18. The van der Waals surface area contributed by atoms with E-state index in [1.54, 1.807) is 12.1 Å². The zero-order valence-electron chi connectivity index (χ0n) is 19.1. The van der Waals surface area contributed by atoms with Crippen LogP contribution in [0.2, 0.25) is 0 Å². The summed E-state index contributed by atoms with van der Waals surface area (Å²) in [5.74, 6) is 0.592. The number of amides is 1. The van der Waals surface area contributed by atoms with E-state index in [1.165, 1.54) is 5.56 Å². The molecule has 4 aromatic rings. The van der Waals surface area contributed by atoms with Crippen LogP contribution in [0.3, 0.4) is 0 Å². The van der Waals surface area contributed by atoms with E-state index >= 15 is 0 Å². The summed E-state index contributed by atoms with van der Waals surface area (Å²) in [6.07, 6.45) is 4.65. The summed E-state index contributed by atoms with van der Waals surface area (Å²) in [5, 5.41) is 3.89. The lowest BCUT2D eigenvalue weighted by Gasteiger charge is -2.05. The molecule has 4 nitrogen and oxygen atoms in total. The van der Waals surface area contributed by atoms with E-state index in [4.69, 9.17) is 4.42 Å². The van der Waals surface area contributed by atoms with Gasteiger partial charge in [-0.3, -0.25) is 4.79 Å². The molecule has 1 aromatic heterocycles. The molecule has 0 aliphatic heterocycles. The average Bonchev–Trinajstić information content (AvgIpc) is 3.24. The van der Waals surface area contributed by atoms with Crippen LogP contribution in [-0.4, -0.2) is 12.1 Å². The van der Waals surface area contributed by atoms with Crippen molar-refractivity contribution >= 4 is 30.4 Å². The molecule has 0 aliphatic rings. The van der Waals surface area contributed by atoms with Crippen molar-refractivity contribution in [2.45, 2.75) is 39.3 Å². The number of nitrogens with one attached hydrogen (secondary N) is 1. The van der Waals surface area contributed by atoms with Crippen LogP contribution in [0.4, 0.5) is 5.69 Å². The van der Waals surface area contributed by atoms with E-state index in [9.17, 15) is 9.36 Å². The summed E-state index contributed by atoms with van der Waals surface area (Å²) in [4.78, 5) is 12.8. The molecule has 1 atom stereocenters. The van der Waals surface area contributed by atoms with Crippen LogP contribution in [0.5, 0.6) is 0 Å². The van der Waals surface area contributed by atoms with Crippen LogP contribution in [0.15, 0.2) is 77.2 Å². The Balaban J connectivity index is 1.41. The number of furan rings is 1. The van der Waals surface area contributed by atoms with Crippen LogP contribution in [0.1, 0.15) is 47.7 Å². The normalized spacial score (nSPS) is 11.5. The number of anilines is 1. The van der Waals surface area contributed by atoms with E-state index in [1.807, 2.05) is 48.5 Å². The Bertz CT molecular complexity index is 1260. The average molecular weight is 459 g/mol. The number of carbonyl (C=O) groups is 1. The minimum absolute atomic E-state index is 0.191. The number of benzene rings is 3. The van der Waals surface area contributed by atoms with Crippen LogP contribution < -0.4 is 5.32 Å². The van der Waals surface area contributed by atoms with Gasteiger partial charge in [-0.05, 0) is 55.7 Å². The Labute approximate surface area is 195 Å². The summed E-state index contributed by atoms with van der Waals surface area (Å²) < 4.78 is 18.2. The van der Waals surface area contributed by atoms with Gasteiger partial charge < -0.3 is 9.73 Å². The predicted molar refractivity (Wildman–Crippen MR) is 136 cm³/mol. The third kappa shape index (κ3) is 5.97. The highest BCUT2D eigenvalue weighted by atomic mass is 31.1. The van der Waals surface area contributed by atoms with Crippen LogP contribution in [0.25, 0.3) is 22.3 Å². The third-order valence-corrected chi connectivity index (χ3v) is 7.23. The molecule has 3 aromatic carbocycles. The Hall–Kier alpha value is -3.23. The second-order valence-electron chi connectivity index (χ2n) is 8.45. The van der Waals surface area contributed by atoms with Gasteiger partial charge >= 0.3 is 7.80 Å². The van der Waals surface area contributed by atoms with E-state index in [0.29, 0.717) is 23.0 Å². The van der Waals surface area contributed by atoms with Crippen molar-refractivity contribution in [1.29, 1.82) is 0 Å². The van der Waals surface area contributed by atoms with Gasteiger partial charge in [0.15, 0.2) is 6.16 Å². The summed E-state index contributed by atoms with van der Waals surface area (Å²) in [6.45, 7) is 4.20. The van der Waals surface area contributed by atoms with Gasteiger partial charge in [0, 0.05) is 22.2 Å². The van der Waals surface area contributed by atoms with Crippen molar-refractivity contribution in [2.24, 2.45) is 0 Å². The molecular formula is C28H29NO3P+. The van der Waals surface area contributed by atoms with Crippen LogP contribution in [-0.2, 0) is 10.7 Å². The van der Waals surface area contributed by atoms with E-state index in [-0.39, 0.29) is 5.91 Å². The lowest BCUT2D eigenvalue weighted by Crippen LogP contribution is -2.11. The van der Waals surface area contributed by atoms with Gasteiger partial charge in [0.05, 0.1) is 0 Å². The zero-order chi connectivity index (χ0) is 23.2. The largest absolute Gasteiger partial charge is 0.456 e. The molecule has 1 heterocycles. The van der Waals surface area contributed by atoms with Crippen LogP contribution in [0, 0.1) is 6.92 Å². The first-order valence-electron chi connectivity index (χ1n) is 11.4. The smallest absolute Gasteiger partial charge is 0.343 e. The SMILES string of the molecule is CCCCC[P+](=O)Cc1ccc(NC(=O)c2ccc3cc(-c4ccc(C)cc4)oc3c2)cc1. The maximum Gasteiger partial charge on any atom is 0.343 e. The molecule has 33 heavy (non-hydrogen) atoms. The molecule has 5 heteroatoms. The second-order valence-corrected chi connectivity index (χ2v) is 10.2. The molecule has 0 bridgehead atoms. The molecule has 1 amide bonds. The summed E-state index contributed by atoms with van der Waals surface area (Å²) in [5.41, 5.74) is 5.17. The Morgan fingerprint density at radius 1 is 0.939 bits per heavy atom. The highest BCUT2D eigenvalue weighted by molar-refractivity contribution is 7.43. The lowest BCUT2D eigenvalue weighted by atomic mass is 10.1. The van der Waals surface area contributed by atoms with E-state index < -0.39 is 7.80 Å². The molecule has 1 N–H and O–H groups in total. The number of hydrogen-bond acceptors (Lipinski definition) is 3. The first kappa shape index (κ1) is 22.9. The standard InChI is InChI=1S/C28H28NO3P/c1-3-4-5-16-33(31)19-21-8-14-25(15-9-21)29-28(30)24-13-12-23-17-26(32-27(23)18-24)22-10-6-20(2)7-11-22/h6-15,17-18H,3-5,16,19H2,1-2H3/p+1. The van der Waals surface area contributed by atoms with E-state index in [2.05, 4.69) is 31.3 Å². The molecule has 4 rings (SSSR count). The Morgan fingerprint density at radius 2 is 1.70 bits per heavy atom. The first-order valence-corrected chi connectivity index (χ1v) is 13.1. The number of rotatable bonds is 9. The highest BCUT2D eigenvalue weighted by Crippen LogP contribution is 2.30.